The summed E-state index contributed by atoms with van der Waals surface area (Å²) >= 11 is 1.32. The summed E-state index contributed by atoms with van der Waals surface area (Å²) < 4.78 is 26.4. The number of nitrogens with zero attached hydrogens (tertiary/aromatic N) is 1. The molecule has 1 N–H and O–H groups in total. The lowest BCUT2D eigenvalue weighted by Gasteiger charge is -2.03. The molecular formula is C17H12F2N2OS. The standard InChI is InChI=1S/C17H12F2N2OS/c18-12-6-7-14(15(19)9-12)16(22)21-17-20-10-13(23-17)8-11-4-2-1-3-5-11/h1-7,9-10H,8H2,(H,20,21,22). The van der Waals surface area contributed by atoms with Crippen LogP contribution in [0, 0.1) is 11.6 Å². The second-order valence-electron chi connectivity index (χ2n) is 4.87. The van der Waals surface area contributed by atoms with Crippen molar-refractivity contribution in [3.63, 3.8) is 0 Å². The smallest absolute Gasteiger partial charge is 0.260 e. The maximum Gasteiger partial charge on any atom is 0.260 e. The first-order valence-corrected chi connectivity index (χ1v) is 7.68. The van der Waals surface area contributed by atoms with Crippen LogP contribution in [0.4, 0.5) is 13.9 Å². The van der Waals surface area contributed by atoms with E-state index in [4.69, 9.17) is 0 Å². The summed E-state index contributed by atoms with van der Waals surface area (Å²) in [5.41, 5.74) is 0.921. The molecule has 116 valence electrons. The lowest BCUT2D eigenvalue weighted by atomic mass is 10.1. The first kappa shape index (κ1) is 15.3. The van der Waals surface area contributed by atoms with Gasteiger partial charge in [0.1, 0.15) is 11.6 Å². The molecule has 0 atom stereocenters. The van der Waals surface area contributed by atoms with Gasteiger partial charge in [-0.05, 0) is 17.7 Å². The van der Waals surface area contributed by atoms with Gasteiger partial charge in [-0.25, -0.2) is 13.8 Å². The van der Waals surface area contributed by atoms with E-state index in [0.29, 0.717) is 17.6 Å². The number of thiazole rings is 1. The molecule has 0 fully saturated rings. The van der Waals surface area contributed by atoms with Crippen LogP contribution in [0.2, 0.25) is 0 Å². The van der Waals surface area contributed by atoms with Crippen molar-refractivity contribution < 1.29 is 13.6 Å². The summed E-state index contributed by atoms with van der Waals surface area (Å²) in [7, 11) is 0. The molecule has 6 heteroatoms. The molecule has 2 aromatic carbocycles. The van der Waals surface area contributed by atoms with E-state index in [9.17, 15) is 13.6 Å². The highest BCUT2D eigenvalue weighted by atomic mass is 32.1. The highest BCUT2D eigenvalue weighted by Crippen LogP contribution is 2.22. The van der Waals surface area contributed by atoms with Crippen LogP contribution in [0.25, 0.3) is 0 Å². The van der Waals surface area contributed by atoms with Crippen LogP contribution in [-0.4, -0.2) is 10.9 Å². The van der Waals surface area contributed by atoms with Gasteiger partial charge in [0, 0.05) is 23.6 Å². The molecule has 3 rings (SSSR count). The minimum Gasteiger partial charge on any atom is -0.298 e. The van der Waals surface area contributed by atoms with Crippen molar-refractivity contribution in [3.05, 3.63) is 82.4 Å². The van der Waals surface area contributed by atoms with Crippen molar-refractivity contribution in [1.29, 1.82) is 0 Å². The van der Waals surface area contributed by atoms with Crippen molar-refractivity contribution in [2.24, 2.45) is 0 Å². The number of benzene rings is 2. The molecule has 0 aliphatic heterocycles. The zero-order chi connectivity index (χ0) is 16.2. The fraction of sp³-hybridized carbons (Fsp3) is 0.0588. The van der Waals surface area contributed by atoms with Crippen LogP contribution in [0.3, 0.4) is 0 Å². The van der Waals surface area contributed by atoms with Crippen molar-refractivity contribution in [2.75, 3.05) is 5.32 Å². The second-order valence-corrected chi connectivity index (χ2v) is 5.99. The van der Waals surface area contributed by atoms with E-state index in [0.717, 1.165) is 22.6 Å². The Labute approximate surface area is 135 Å². The summed E-state index contributed by atoms with van der Waals surface area (Å²) in [5.74, 6) is -2.27. The zero-order valence-corrected chi connectivity index (χ0v) is 12.7. The van der Waals surface area contributed by atoms with E-state index >= 15 is 0 Å². The van der Waals surface area contributed by atoms with Gasteiger partial charge in [-0.15, -0.1) is 11.3 Å². The van der Waals surface area contributed by atoms with Gasteiger partial charge in [-0.1, -0.05) is 30.3 Å². The fourth-order valence-electron chi connectivity index (χ4n) is 2.08. The van der Waals surface area contributed by atoms with Crippen LogP contribution in [0.15, 0.2) is 54.7 Å². The summed E-state index contributed by atoms with van der Waals surface area (Å²) in [6, 6.07) is 12.7. The van der Waals surface area contributed by atoms with Gasteiger partial charge in [0.2, 0.25) is 0 Å². The van der Waals surface area contributed by atoms with Gasteiger partial charge in [-0.3, -0.25) is 10.1 Å². The molecule has 0 unspecified atom stereocenters. The topological polar surface area (TPSA) is 42.0 Å². The van der Waals surface area contributed by atoms with Crippen molar-refractivity contribution in [1.82, 2.24) is 4.98 Å². The van der Waals surface area contributed by atoms with Gasteiger partial charge in [0.25, 0.3) is 5.91 Å². The molecule has 0 spiro atoms. The number of hydrogen-bond acceptors (Lipinski definition) is 3. The molecule has 1 aromatic heterocycles. The van der Waals surface area contributed by atoms with Crippen LogP contribution in [0.5, 0.6) is 0 Å². The average molecular weight is 330 g/mol. The Bertz CT molecular complexity index is 834. The molecule has 0 saturated heterocycles. The Hall–Kier alpha value is -2.60. The summed E-state index contributed by atoms with van der Waals surface area (Å²) in [6.45, 7) is 0. The summed E-state index contributed by atoms with van der Waals surface area (Å²) in [6.07, 6.45) is 2.38. The fourth-order valence-corrected chi connectivity index (χ4v) is 2.92. The van der Waals surface area contributed by atoms with E-state index in [1.54, 1.807) is 6.20 Å². The normalized spacial score (nSPS) is 10.5. The lowest BCUT2D eigenvalue weighted by molar-refractivity contribution is 0.102. The number of amides is 1. The molecule has 0 saturated carbocycles. The van der Waals surface area contributed by atoms with E-state index in [1.165, 1.54) is 11.3 Å². The molecule has 1 heterocycles. The summed E-state index contributed by atoms with van der Waals surface area (Å²) in [5, 5.41) is 2.91. The van der Waals surface area contributed by atoms with Crippen molar-refractivity contribution in [3.8, 4) is 0 Å². The molecule has 23 heavy (non-hydrogen) atoms. The molecule has 0 radical (unpaired) electrons. The van der Waals surface area contributed by atoms with E-state index < -0.39 is 17.5 Å². The zero-order valence-electron chi connectivity index (χ0n) is 11.9. The molecule has 3 aromatic rings. The molecule has 0 aliphatic rings. The van der Waals surface area contributed by atoms with Crippen LogP contribution >= 0.6 is 11.3 Å². The highest BCUT2D eigenvalue weighted by Gasteiger charge is 2.14. The number of carbonyl (C=O) groups excluding carboxylic acids is 1. The maximum atomic E-state index is 13.6. The largest absolute Gasteiger partial charge is 0.298 e. The van der Waals surface area contributed by atoms with Gasteiger partial charge < -0.3 is 0 Å². The minimum atomic E-state index is -0.899. The number of carbonyl (C=O) groups is 1. The number of nitrogens with one attached hydrogen (secondary N) is 1. The van der Waals surface area contributed by atoms with Crippen molar-refractivity contribution >= 4 is 22.4 Å². The quantitative estimate of drug-likeness (QED) is 0.776. The van der Waals surface area contributed by atoms with E-state index in [-0.39, 0.29) is 5.56 Å². The molecule has 3 nitrogen and oxygen atoms in total. The van der Waals surface area contributed by atoms with Gasteiger partial charge in [0.05, 0.1) is 5.56 Å². The van der Waals surface area contributed by atoms with E-state index in [2.05, 4.69) is 10.3 Å². The highest BCUT2D eigenvalue weighted by molar-refractivity contribution is 7.15. The number of aromatic nitrogens is 1. The lowest BCUT2D eigenvalue weighted by Crippen LogP contribution is -2.13. The summed E-state index contributed by atoms with van der Waals surface area (Å²) in [4.78, 5) is 17.1. The third-order valence-electron chi connectivity index (χ3n) is 3.17. The first-order valence-electron chi connectivity index (χ1n) is 6.87. The third-order valence-corrected chi connectivity index (χ3v) is 4.08. The Morgan fingerprint density at radius 3 is 2.65 bits per heavy atom. The van der Waals surface area contributed by atoms with Gasteiger partial charge in [0.15, 0.2) is 5.13 Å². The Morgan fingerprint density at radius 1 is 1.13 bits per heavy atom. The Kier molecular flexibility index (Phi) is 4.43. The van der Waals surface area contributed by atoms with Crippen LogP contribution < -0.4 is 5.32 Å². The number of hydrogen-bond donors (Lipinski definition) is 1. The minimum absolute atomic E-state index is 0.216. The third kappa shape index (κ3) is 3.78. The molecule has 0 bridgehead atoms. The van der Waals surface area contributed by atoms with Crippen LogP contribution in [-0.2, 0) is 6.42 Å². The predicted octanol–water partition coefficient (Wildman–Crippen LogP) is 4.26. The molecule has 1 amide bonds. The maximum absolute atomic E-state index is 13.6. The predicted molar refractivity (Wildman–Crippen MR) is 85.7 cm³/mol. The first-order chi connectivity index (χ1) is 11.1. The van der Waals surface area contributed by atoms with Crippen molar-refractivity contribution in [2.45, 2.75) is 6.42 Å². The number of halogens is 2. The molecular weight excluding hydrogens is 318 g/mol. The average Bonchev–Trinajstić information content (AvgIpc) is 2.95. The van der Waals surface area contributed by atoms with Gasteiger partial charge >= 0.3 is 0 Å². The SMILES string of the molecule is O=C(Nc1ncc(Cc2ccccc2)s1)c1ccc(F)cc1F. The van der Waals surface area contributed by atoms with Gasteiger partial charge in [-0.2, -0.15) is 0 Å². The van der Waals surface area contributed by atoms with E-state index in [1.807, 2.05) is 30.3 Å². The monoisotopic (exact) mass is 330 g/mol. The number of rotatable bonds is 4. The number of anilines is 1. The Morgan fingerprint density at radius 2 is 1.91 bits per heavy atom. The van der Waals surface area contributed by atoms with Crippen LogP contribution in [0.1, 0.15) is 20.8 Å². The second kappa shape index (κ2) is 6.66. The molecule has 0 aliphatic carbocycles. The Balaban J connectivity index is 1.70.